The normalized spacial score (nSPS) is 11.4. The molecule has 9 nitrogen and oxygen atoms in total. The van der Waals surface area contributed by atoms with Crippen LogP contribution in [0.4, 0.5) is 24.9 Å². The number of anilines is 2. The summed E-state index contributed by atoms with van der Waals surface area (Å²) < 4.78 is 34.8. The van der Waals surface area contributed by atoms with Crippen LogP contribution in [0.5, 0.6) is 0 Å². The second-order valence-electron chi connectivity index (χ2n) is 5.63. The Balaban J connectivity index is 0.000000370. The van der Waals surface area contributed by atoms with Gasteiger partial charge in [0.1, 0.15) is 5.82 Å². The van der Waals surface area contributed by atoms with Gasteiger partial charge in [-0.3, -0.25) is 0 Å². The number of aliphatic carboxylic acids is 1. The van der Waals surface area contributed by atoms with E-state index in [-0.39, 0.29) is 19.2 Å². The smallest absolute Gasteiger partial charge is 0.475 e. The van der Waals surface area contributed by atoms with Crippen LogP contribution in [0, 0.1) is 3.57 Å². The third-order valence-electron chi connectivity index (χ3n) is 3.66. The minimum absolute atomic E-state index is 0.00440. The van der Waals surface area contributed by atoms with Gasteiger partial charge in [0.25, 0.3) is 0 Å². The Morgan fingerprint density at radius 1 is 1.28 bits per heavy atom. The van der Waals surface area contributed by atoms with E-state index in [9.17, 15) is 18.3 Å². The first kappa shape index (κ1) is 22.9. The molecule has 2 heterocycles. The summed E-state index contributed by atoms with van der Waals surface area (Å²) in [6.07, 6.45) is -3.14. The average Bonchev–Trinajstić information content (AvgIpc) is 3.03. The summed E-state index contributed by atoms with van der Waals surface area (Å²) in [5.74, 6) is -1.95. The Labute approximate surface area is 175 Å². The molecule has 0 bridgehead atoms. The number of nitrogens with zero attached hydrogens (tertiary/aromatic N) is 3. The summed E-state index contributed by atoms with van der Waals surface area (Å²) in [5, 5.41) is 30.3. The largest absolute Gasteiger partial charge is 0.490 e. The molecule has 0 aliphatic heterocycles. The topological polar surface area (TPSA) is 147 Å². The van der Waals surface area contributed by atoms with Crippen molar-refractivity contribution in [1.29, 1.82) is 0 Å². The van der Waals surface area contributed by atoms with Gasteiger partial charge in [-0.15, -0.1) is 0 Å². The highest BCUT2D eigenvalue weighted by molar-refractivity contribution is 14.1. The molecule has 0 saturated heterocycles. The molecule has 13 heteroatoms. The Hall–Kier alpha value is -2.39. The van der Waals surface area contributed by atoms with Crippen molar-refractivity contribution in [3.63, 3.8) is 0 Å². The van der Waals surface area contributed by atoms with E-state index in [0.29, 0.717) is 18.9 Å². The Morgan fingerprint density at radius 3 is 2.48 bits per heavy atom. The van der Waals surface area contributed by atoms with Crippen molar-refractivity contribution in [2.24, 2.45) is 0 Å². The monoisotopic (exact) mass is 527 g/mol. The molecular weight excluding hydrogens is 510 g/mol. The van der Waals surface area contributed by atoms with Crippen LogP contribution in [0.1, 0.15) is 0 Å². The third-order valence-corrected chi connectivity index (χ3v) is 4.49. The van der Waals surface area contributed by atoms with Crippen LogP contribution in [0.3, 0.4) is 0 Å². The van der Waals surface area contributed by atoms with E-state index in [1.54, 1.807) is 0 Å². The zero-order valence-corrected chi connectivity index (χ0v) is 16.9. The van der Waals surface area contributed by atoms with E-state index in [0.717, 1.165) is 25.4 Å². The van der Waals surface area contributed by atoms with Gasteiger partial charge in [-0.05, 0) is 34.7 Å². The number of alkyl halides is 3. The quantitative estimate of drug-likeness (QED) is 0.316. The lowest BCUT2D eigenvalue weighted by atomic mass is 10.1. The molecule has 29 heavy (non-hydrogen) atoms. The summed E-state index contributed by atoms with van der Waals surface area (Å²) in [4.78, 5) is 17.5. The fraction of sp³-hybridized carbons (Fsp3) is 0.312. The lowest BCUT2D eigenvalue weighted by Gasteiger charge is -2.11. The standard InChI is InChI=1S/C14H16IN5O2.C2HF3O2/c15-9-7-10-11(8-1-3-20(4-6-22)12(8)9)13(17-2-5-21)19-14(16)18-10;3-2(4,5)1(6)7/h1,3,7,21-22H,2,4-6H2,(H3,16,17,18,19);(H,6,7). The van der Waals surface area contributed by atoms with Crippen molar-refractivity contribution in [3.8, 4) is 0 Å². The maximum atomic E-state index is 10.6. The molecule has 6 N–H and O–H groups in total. The number of carbonyl (C=O) groups is 1. The van der Waals surface area contributed by atoms with Crippen molar-refractivity contribution in [2.45, 2.75) is 12.7 Å². The van der Waals surface area contributed by atoms with Crippen molar-refractivity contribution in [2.75, 3.05) is 30.8 Å². The van der Waals surface area contributed by atoms with Gasteiger partial charge in [0.05, 0.1) is 29.6 Å². The number of nitrogens with two attached hydrogens (primary N) is 1. The van der Waals surface area contributed by atoms with Crippen LogP contribution < -0.4 is 11.1 Å². The van der Waals surface area contributed by atoms with Crippen LogP contribution in [-0.4, -0.2) is 61.8 Å². The summed E-state index contributed by atoms with van der Waals surface area (Å²) >= 11 is 2.26. The molecule has 0 saturated carbocycles. The predicted molar refractivity (Wildman–Crippen MR) is 109 cm³/mol. The number of aromatic nitrogens is 3. The summed E-state index contributed by atoms with van der Waals surface area (Å²) in [7, 11) is 0. The van der Waals surface area contributed by atoms with E-state index in [2.05, 4.69) is 37.9 Å². The highest BCUT2D eigenvalue weighted by Crippen LogP contribution is 2.33. The van der Waals surface area contributed by atoms with Gasteiger partial charge in [-0.2, -0.15) is 18.2 Å². The lowest BCUT2D eigenvalue weighted by molar-refractivity contribution is -0.192. The number of nitrogens with one attached hydrogen (secondary N) is 1. The minimum atomic E-state index is -5.08. The van der Waals surface area contributed by atoms with Gasteiger partial charge >= 0.3 is 12.1 Å². The molecule has 0 aliphatic rings. The van der Waals surface area contributed by atoms with Crippen molar-refractivity contribution in [1.82, 2.24) is 14.5 Å². The number of aliphatic hydroxyl groups excluding tert-OH is 2. The molecule has 0 unspecified atom stereocenters. The zero-order valence-electron chi connectivity index (χ0n) is 14.7. The molecule has 158 valence electrons. The van der Waals surface area contributed by atoms with Gasteiger partial charge in [-0.1, -0.05) is 0 Å². The van der Waals surface area contributed by atoms with Crippen LogP contribution in [-0.2, 0) is 11.3 Å². The summed E-state index contributed by atoms with van der Waals surface area (Å²) in [6.45, 7) is 0.993. The Bertz CT molecular complexity index is 1030. The molecule has 0 radical (unpaired) electrons. The second kappa shape index (κ2) is 9.41. The molecular formula is C16H17F3IN5O4. The molecule has 0 spiro atoms. The summed E-state index contributed by atoms with van der Waals surface area (Å²) in [5.41, 5.74) is 7.56. The molecule has 0 fully saturated rings. The number of fused-ring (bicyclic) bond motifs is 3. The molecule has 0 aliphatic carbocycles. The number of hydrogen-bond donors (Lipinski definition) is 5. The maximum absolute atomic E-state index is 10.6. The van der Waals surface area contributed by atoms with E-state index < -0.39 is 12.1 Å². The first-order valence-corrected chi connectivity index (χ1v) is 9.18. The Morgan fingerprint density at radius 2 is 1.93 bits per heavy atom. The fourth-order valence-electron chi connectivity index (χ4n) is 2.59. The molecule has 0 amide bonds. The van der Waals surface area contributed by atoms with Gasteiger partial charge in [-0.25, -0.2) is 9.78 Å². The van der Waals surface area contributed by atoms with E-state index in [1.165, 1.54) is 0 Å². The van der Waals surface area contributed by atoms with Crippen molar-refractivity contribution in [3.05, 3.63) is 21.9 Å². The molecule has 3 rings (SSSR count). The number of benzene rings is 1. The lowest BCUT2D eigenvalue weighted by Crippen LogP contribution is -2.21. The molecule has 1 aromatic carbocycles. The number of rotatable bonds is 5. The second-order valence-corrected chi connectivity index (χ2v) is 6.79. The number of halogens is 4. The van der Waals surface area contributed by atoms with Gasteiger partial charge in [0.2, 0.25) is 5.95 Å². The number of carboxylic acids is 1. The number of hydrogen-bond acceptors (Lipinski definition) is 7. The van der Waals surface area contributed by atoms with Crippen LogP contribution in [0.15, 0.2) is 18.3 Å². The maximum Gasteiger partial charge on any atom is 0.490 e. The van der Waals surface area contributed by atoms with Crippen molar-refractivity contribution >= 4 is 62.1 Å². The van der Waals surface area contributed by atoms with Crippen molar-refractivity contribution < 1.29 is 33.3 Å². The van der Waals surface area contributed by atoms with Crippen LogP contribution >= 0.6 is 22.6 Å². The highest BCUT2D eigenvalue weighted by Gasteiger charge is 2.38. The first-order valence-electron chi connectivity index (χ1n) is 8.10. The number of nitrogen functional groups attached to an aromatic ring is 1. The van der Waals surface area contributed by atoms with E-state index >= 15 is 0 Å². The van der Waals surface area contributed by atoms with Gasteiger partial charge in [0.15, 0.2) is 0 Å². The average molecular weight is 527 g/mol. The van der Waals surface area contributed by atoms with Crippen LogP contribution in [0.2, 0.25) is 0 Å². The summed E-state index contributed by atoms with van der Waals surface area (Å²) in [6, 6.07) is 3.94. The van der Waals surface area contributed by atoms with E-state index in [1.807, 2.05) is 22.9 Å². The zero-order chi connectivity index (χ0) is 21.8. The molecule has 3 aromatic rings. The highest BCUT2D eigenvalue weighted by atomic mass is 127. The van der Waals surface area contributed by atoms with E-state index in [4.69, 9.17) is 20.7 Å². The van der Waals surface area contributed by atoms with Gasteiger partial charge < -0.3 is 30.9 Å². The third kappa shape index (κ3) is 5.36. The number of carboxylic acid groups (broad SMARTS) is 1. The molecule has 0 atom stereocenters. The Kier molecular flexibility index (Phi) is 7.43. The number of aliphatic hydroxyl groups is 2. The predicted octanol–water partition coefficient (Wildman–Crippen LogP) is 1.80. The minimum Gasteiger partial charge on any atom is -0.475 e. The van der Waals surface area contributed by atoms with Gasteiger partial charge in [0, 0.05) is 28.2 Å². The SMILES string of the molecule is Nc1nc(NCCO)c2c(cc(I)c3c2ccn3CCO)n1.O=C(O)C(F)(F)F. The fourth-order valence-corrected chi connectivity index (χ4v) is 3.49. The molecule has 2 aromatic heterocycles. The van der Waals surface area contributed by atoms with Crippen LogP contribution in [0.25, 0.3) is 21.8 Å². The first-order chi connectivity index (χ1) is 13.6.